The summed E-state index contributed by atoms with van der Waals surface area (Å²) >= 11 is 0. The monoisotopic (exact) mass is 674 g/mol. The van der Waals surface area contributed by atoms with Gasteiger partial charge in [-0.1, -0.05) is 109 Å². The first-order valence-electron chi connectivity index (χ1n) is 18.5. The topological polar surface area (TPSA) is 23.0 Å². The third-order valence-electron chi connectivity index (χ3n) is 12.3. The molecule has 0 saturated heterocycles. The van der Waals surface area contributed by atoms with Gasteiger partial charge in [0.05, 0.1) is 22.1 Å². The van der Waals surface area contributed by atoms with E-state index in [4.69, 9.17) is 4.42 Å². The summed E-state index contributed by atoms with van der Waals surface area (Å²) in [5.41, 5.74) is 17.7. The standard InChI is InChI=1S/C50H30N2O/c1-3-15-35-33(13-1)47-34-14-2-4-16-36(34)48(35)50-38(47)23-25-44-49(50)37-17-6-9-19-42(37)52(44)29-21-24-43-39(27-29)31-11-5-8-18-41(31)51(43)30-22-26-46-40(28-30)32-12-7-10-20-45(32)53-46/h1-28,47-48H. The molecule has 3 aliphatic carbocycles. The van der Waals surface area contributed by atoms with Gasteiger partial charge in [0.15, 0.2) is 0 Å². The minimum atomic E-state index is 0.204. The van der Waals surface area contributed by atoms with Crippen LogP contribution in [0.15, 0.2) is 174 Å². The lowest BCUT2D eigenvalue weighted by atomic mass is 9.60. The van der Waals surface area contributed by atoms with E-state index >= 15 is 0 Å². The quantitative estimate of drug-likeness (QED) is 0.179. The van der Waals surface area contributed by atoms with Gasteiger partial charge in [-0.15, -0.1) is 0 Å². The summed E-state index contributed by atoms with van der Waals surface area (Å²) in [6, 6.07) is 62.8. The highest BCUT2D eigenvalue weighted by Crippen LogP contribution is 2.58. The Hall–Kier alpha value is -6.84. The van der Waals surface area contributed by atoms with Crippen LogP contribution < -0.4 is 0 Å². The van der Waals surface area contributed by atoms with E-state index in [-0.39, 0.29) is 11.8 Å². The molecule has 8 aromatic carbocycles. The number of nitrogens with zero attached hydrogens (tertiary/aromatic N) is 2. The molecular formula is C50H30N2O. The Balaban J connectivity index is 1.07. The normalized spacial score (nSPS) is 15.9. The molecule has 53 heavy (non-hydrogen) atoms. The molecular weight excluding hydrogens is 645 g/mol. The van der Waals surface area contributed by atoms with Gasteiger partial charge in [0.25, 0.3) is 0 Å². The molecule has 3 aromatic heterocycles. The molecule has 2 bridgehead atoms. The van der Waals surface area contributed by atoms with Crippen LogP contribution in [0, 0.1) is 0 Å². The second kappa shape index (κ2) is 9.93. The minimum Gasteiger partial charge on any atom is -0.456 e. The van der Waals surface area contributed by atoms with Crippen LogP contribution in [-0.2, 0) is 0 Å². The van der Waals surface area contributed by atoms with Gasteiger partial charge in [-0.3, -0.25) is 0 Å². The lowest BCUT2D eigenvalue weighted by Gasteiger charge is -2.42. The van der Waals surface area contributed by atoms with Crippen LogP contribution in [0.4, 0.5) is 0 Å². The minimum absolute atomic E-state index is 0.204. The molecule has 0 spiro atoms. The fourth-order valence-electron chi connectivity index (χ4n) is 10.2. The van der Waals surface area contributed by atoms with E-state index in [0.29, 0.717) is 0 Å². The Morgan fingerprint density at radius 3 is 1.60 bits per heavy atom. The predicted molar refractivity (Wildman–Crippen MR) is 217 cm³/mol. The molecule has 0 radical (unpaired) electrons. The Morgan fingerprint density at radius 2 is 0.849 bits per heavy atom. The first kappa shape index (κ1) is 27.8. The predicted octanol–water partition coefficient (Wildman–Crippen LogP) is 12.8. The van der Waals surface area contributed by atoms with Crippen molar-refractivity contribution in [3.8, 4) is 11.4 Å². The number of rotatable bonds is 2. The van der Waals surface area contributed by atoms with Crippen LogP contribution in [0.1, 0.15) is 45.2 Å². The Kier molecular flexibility index (Phi) is 5.22. The first-order chi connectivity index (χ1) is 26.3. The summed E-state index contributed by atoms with van der Waals surface area (Å²) in [5, 5.41) is 7.44. The van der Waals surface area contributed by atoms with Crippen molar-refractivity contribution < 1.29 is 4.42 Å². The number of hydrogen-bond donors (Lipinski definition) is 0. The molecule has 246 valence electrons. The number of aromatic nitrogens is 2. The molecule has 3 aliphatic rings. The molecule has 0 aliphatic heterocycles. The number of fused-ring (bicyclic) bond motifs is 9. The van der Waals surface area contributed by atoms with Gasteiger partial charge in [0.2, 0.25) is 0 Å². The zero-order chi connectivity index (χ0) is 34.4. The van der Waals surface area contributed by atoms with E-state index in [0.717, 1.165) is 27.6 Å². The third-order valence-corrected chi connectivity index (χ3v) is 12.3. The van der Waals surface area contributed by atoms with Gasteiger partial charge in [-0.05, 0) is 94.0 Å². The van der Waals surface area contributed by atoms with Crippen LogP contribution in [0.25, 0.3) is 76.9 Å². The molecule has 3 nitrogen and oxygen atoms in total. The summed E-state index contributed by atoms with van der Waals surface area (Å²) < 4.78 is 11.1. The number of furan rings is 1. The van der Waals surface area contributed by atoms with Crippen LogP contribution in [-0.4, -0.2) is 9.13 Å². The fraction of sp³-hybridized carbons (Fsp3) is 0.0400. The van der Waals surface area contributed by atoms with Crippen molar-refractivity contribution in [1.29, 1.82) is 0 Å². The Labute approximate surface area is 304 Å². The van der Waals surface area contributed by atoms with Crippen molar-refractivity contribution in [2.45, 2.75) is 11.8 Å². The highest BCUT2D eigenvalue weighted by atomic mass is 16.3. The van der Waals surface area contributed by atoms with Crippen molar-refractivity contribution in [3.05, 3.63) is 203 Å². The molecule has 0 saturated carbocycles. The second-order valence-electron chi connectivity index (χ2n) is 14.8. The van der Waals surface area contributed by atoms with E-state index in [1.54, 1.807) is 0 Å². The second-order valence-corrected chi connectivity index (χ2v) is 14.8. The maximum Gasteiger partial charge on any atom is 0.135 e. The Morgan fingerprint density at radius 1 is 0.340 bits per heavy atom. The van der Waals surface area contributed by atoms with E-state index < -0.39 is 0 Å². The zero-order valence-electron chi connectivity index (χ0n) is 28.6. The summed E-state index contributed by atoms with van der Waals surface area (Å²) in [4.78, 5) is 0. The molecule has 0 atom stereocenters. The Bertz CT molecular complexity index is 3320. The summed E-state index contributed by atoms with van der Waals surface area (Å²) in [6.07, 6.45) is 0. The molecule has 0 unspecified atom stereocenters. The van der Waals surface area contributed by atoms with Crippen molar-refractivity contribution >= 4 is 65.6 Å². The lowest BCUT2D eigenvalue weighted by molar-refractivity contribution is 0.669. The summed E-state index contributed by atoms with van der Waals surface area (Å²) in [7, 11) is 0. The highest BCUT2D eigenvalue weighted by molar-refractivity contribution is 6.14. The van der Waals surface area contributed by atoms with Crippen molar-refractivity contribution in [2.75, 3.05) is 0 Å². The average Bonchev–Trinajstić information content (AvgIpc) is 3.88. The number of benzene rings is 8. The smallest absolute Gasteiger partial charge is 0.135 e. The summed E-state index contributed by atoms with van der Waals surface area (Å²) in [6.45, 7) is 0. The molecule has 0 fully saturated rings. The molecule has 11 aromatic rings. The first-order valence-corrected chi connectivity index (χ1v) is 18.5. The van der Waals surface area contributed by atoms with Crippen molar-refractivity contribution in [1.82, 2.24) is 9.13 Å². The maximum atomic E-state index is 6.20. The number of hydrogen-bond acceptors (Lipinski definition) is 1. The average molecular weight is 675 g/mol. The van der Waals surface area contributed by atoms with Crippen LogP contribution in [0.2, 0.25) is 0 Å². The van der Waals surface area contributed by atoms with E-state index in [9.17, 15) is 0 Å². The maximum absolute atomic E-state index is 6.20. The molecule has 3 heteroatoms. The van der Waals surface area contributed by atoms with Gasteiger partial charge < -0.3 is 13.6 Å². The highest BCUT2D eigenvalue weighted by Gasteiger charge is 2.42. The van der Waals surface area contributed by atoms with Gasteiger partial charge >= 0.3 is 0 Å². The zero-order valence-corrected chi connectivity index (χ0v) is 28.6. The molecule has 0 amide bonds. The largest absolute Gasteiger partial charge is 0.456 e. The van der Waals surface area contributed by atoms with Gasteiger partial charge in [-0.25, -0.2) is 0 Å². The van der Waals surface area contributed by atoms with E-state index in [1.807, 2.05) is 12.1 Å². The van der Waals surface area contributed by atoms with Gasteiger partial charge in [0, 0.05) is 55.5 Å². The van der Waals surface area contributed by atoms with Crippen LogP contribution >= 0.6 is 0 Å². The van der Waals surface area contributed by atoms with Crippen LogP contribution in [0.5, 0.6) is 0 Å². The SMILES string of the molecule is c1ccc2c(c1)C1c3ccccc3C2c2c1ccc1c2c2ccccc2n1-c1ccc2c(c1)c1ccccc1n2-c1ccc2oc3ccccc3c2c1. The van der Waals surface area contributed by atoms with Gasteiger partial charge in [-0.2, -0.15) is 0 Å². The van der Waals surface area contributed by atoms with E-state index in [1.165, 1.54) is 82.7 Å². The fourth-order valence-corrected chi connectivity index (χ4v) is 10.2. The third kappa shape index (κ3) is 3.49. The molecule has 3 heterocycles. The summed E-state index contributed by atoms with van der Waals surface area (Å²) in [5.74, 6) is 0.450. The number of para-hydroxylation sites is 3. The van der Waals surface area contributed by atoms with Crippen LogP contribution in [0.3, 0.4) is 0 Å². The lowest BCUT2D eigenvalue weighted by Crippen LogP contribution is -2.27. The molecule has 0 N–H and O–H groups in total. The van der Waals surface area contributed by atoms with Gasteiger partial charge in [0.1, 0.15) is 11.2 Å². The molecule has 14 rings (SSSR count). The van der Waals surface area contributed by atoms with E-state index in [2.05, 4.69) is 167 Å². The van der Waals surface area contributed by atoms with Crippen molar-refractivity contribution in [2.24, 2.45) is 0 Å². The van der Waals surface area contributed by atoms with Crippen molar-refractivity contribution in [3.63, 3.8) is 0 Å².